The fourth-order valence-electron chi connectivity index (χ4n) is 2.64. The summed E-state index contributed by atoms with van der Waals surface area (Å²) in [6, 6.07) is 17.2. The van der Waals surface area contributed by atoms with Gasteiger partial charge in [0.1, 0.15) is 11.8 Å². The van der Waals surface area contributed by atoms with Gasteiger partial charge in [-0.05, 0) is 42.8 Å². The summed E-state index contributed by atoms with van der Waals surface area (Å²) in [4.78, 5) is 0. The number of allylic oxidation sites excluding steroid dienone is 1. The number of hydrogen-bond acceptors (Lipinski definition) is 2. The van der Waals surface area contributed by atoms with Gasteiger partial charge in [0.2, 0.25) is 0 Å². The first-order valence-electron chi connectivity index (χ1n) is 7.25. The lowest BCUT2D eigenvalue weighted by atomic mass is 10.1. The van der Waals surface area contributed by atoms with Crippen LogP contribution in [-0.2, 0) is 0 Å². The Morgan fingerprint density at radius 2 is 1.86 bits per heavy atom. The maximum Gasteiger partial charge on any atom is 0.115 e. The van der Waals surface area contributed by atoms with E-state index in [-0.39, 0.29) is 5.75 Å². The Bertz CT molecular complexity index is 880. The van der Waals surface area contributed by atoms with E-state index in [0.29, 0.717) is 5.56 Å². The molecule has 0 saturated carbocycles. The van der Waals surface area contributed by atoms with E-state index in [9.17, 15) is 10.4 Å². The molecule has 0 saturated heterocycles. The molecule has 1 N–H and O–H groups in total. The van der Waals surface area contributed by atoms with Crippen LogP contribution in [0.2, 0.25) is 0 Å². The molecule has 3 rings (SSSR count). The first-order valence-corrected chi connectivity index (χ1v) is 7.25. The van der Waals surface area contributed by atoms with E-state index in [1.165, 1.54) is 0 Å². The Morgan fingerprint density at radius 3 is 2.55 bits per heavy atom. The molecule has 0 radical (unpaired) electrons. The van der Waals surface area contributed by atoms with Crippen LogP contribution in [0.25, 0.3) is 22.7 Å². The van der Waals surface area contributed by atoms with Crippen molar-refractivity contribution in [2.45, 2.75) is 13.3 Å². The zero-order valence-corrected chi connectivity index (χ0v) is 12.3. The van der Waals surface area contributed by atoms with Crippen molar-refractivity contribution in [3.63, 3.8) is 0 Å². The van der Waals surface area contributed by atoms with Crippen LogP contribution in [0.5, 0.6) is 5.75 Å². The van der Waals surface area contributed by atoms with Crippen molar-refractivity contribution in [2.75, 3.05) is 0 Å². The van der Waals surface area contributed by atoms with E-state index in [2.05, 4.69) is 17.6 Å². The van der Waals surface area contributed by atoms with Crippen LogP contribution < -0.4 is 0 Å². The summed E-state index contributed by atoms with van der Waals surface area (Å²) >= 11 is 0. The van der Waals surface area contributed by atoms with E-state index in [0.717, 1.165) is 28.7 Å². The normalized spacial score (nSPS) is 11.1. The van der Waals surface area contributed by atoms with Crippen LogP contribution in [0.15, 0.2) is 54.6 Å². The third kappa shape index (κ3) is 2.25. The van der Waals surface area contributed by atoms with Gasteiger partial charge in [-0.1, -0.05) is 31.2 Å². The topological polar surface area (TPSA) is 49.0 Å². The van der Waals surface area contributed by atoms with E-state index < -0.39 is 0 Å². The van der Waals surface area contributed by atoms with Gasteiger partial charge >= 0.3 is 0 Å². The number of rotatable bonds is 3. The molecule has 3 heteroatoms. The van der Waals surface area contributed by atoms with Crippen molar-refractivity contribution >= 4 is 17.0 Å². The minimum absolute atomic E-state index is 0.228. The fraction of sp³-hybridized carbons (Fsp3) is 0.105. The average molecular weight is 288 g/mol. The van der Waals surface area contributed by atoms with Gasteiger partial charge < -0.3 is 9.67 Å². The first-order chi connectivity index (χ1) is 10.8. The average Bonchev–Trinajstić information content (AvgIpc) is 2.87. The number of aromatic nitrogens is 1. The number of nitrogens with zero attached hydrogens (tertiary/aromatic N) is 2. The summed E-state index contributed by atoms with van der Waals surface area (Å²) in [7, 11) is 0. The Hall–Kier alpha value is -2.99. The maximum absolute atomic E-state index is 9.58. The lowest BCUT2D eigenvalue weighted by molar-refractivity contribution is 0.475. The standard InChI is InChI=1S/C19H16N2O/c1-2-3-7-19-17(13-20)16-6-4-5-8-18(16)21(19)14-9-11-15(22)12-10-14/h3-12,22H,2H2,1H3. The van der Waals surface area contributed by atoms with Crippen LogP contribution in [0.3, 0.4) is 0 Å². The number of benzene rings is 2. The summed E-state index contributed by atoms with van der Waals surface area (Å²) in [6.07, 6.45) is 4.94. The number of aromatic hydroxyl groups is 1. The molecule has 1 heterocycles. The second-order valence-corrected chi connectivity index (χ2v) is 5.05. The van der Waals surface area contributed by atoms with Gasteiger partial charge in [0.15, 0.2) is 0 Å². The largest absolute Gasteiger partial charge is 0.508 e. The SMILES string of the molecule is CCC=Cc1c(C#N)c2ccccc2n1-c1ccc(O)cc1. The smallest absolute Gasteiger partial charge is 0.115 e. The van der Waals surface area contributed by atoms with Crippen molar-refractivity contribution in [2.24, 2.45) is 0 Å². The zero-order valence-electron chi connectivity index (χ0n) is 12.3. The summed E-state index contributed by atoms with van der Waals surface area (Å²) < 4.78 is 2.06. The molecular formula is C19H16N2O. The van der Waals surface area contributed by atoms with Crippen LogP contribution in [0.1, 0.15) is 24.6 Å². The van der Waals surface area contributed by atoms with Gasteiger partial charge in [-0.2, -0.15) is 5.26 Å². The van der Waals surface area contributed by atoms with E-state index >= 15 is 0 Å². The minimum Gasteiger partial charge on any atom is -0.508 e. The molecule has 0 aliphatic rings. The third-order valence-electron chi connectivity index (χ3n) is 3.64. The molecule has 0 aliphatic heterocycles. The summed E-state index contributed by atoms with van der Waals surface area (Å²) in [5, 5.41) is 20.0. The molecule has 2 aromatic carbocycles. The Kier molecular flexibility index (Phi) is 3.67. The second kappa shape index (κ2) is 5.79. The molecular weight excluding hydrogens is 272 g/mol. The van der Waals surface area contributed by atoms with Crippen molar-refractivity contribution in [3.05, 3.63) is 65.9 Å². The highest BCUT2D eigenvalue weighted by molar-refractivity contribution is 5.92. The first kappa shape index (κ1) is 14.0. The lowest BCUT2D eigenvalue weighted by Gasteiger charge is -2.09. The highest BCUT2D eigenvalue weighted by atomic mass is 16.3. The van der Waals surface area contributed by atoms with Gasteiger partial charge in [-0.25, -0.2) is 0 Å². The van der Waals surface area contributed by atoms with E-state index in [1.54, 1.807) is 12.1 Å². The molecule has 0 atom stereocenters. The van der Waals surface area contributed by atoms with Crippen LogP contribution >= 0.6 is 0 Å². The zero-order chi connectivity index (χ0) is 15.5. The predicted octanol–water partition coefficient (Wildman–Crippen LogP) is 4.63. The molecule has 0 bridgehead atoms. The van der Waals surface area contributed by atoms with Crippen LogP contribution in [0.4, 0.5) is 0 Å². The van der Waals surface area contributed by atoms with Crippen LogP contribution in [-0.4, -0.2) is 9.67 Å². The lowest BCUT2D eigenvalue weighted by Crippen LogP contribution is -1.96. The van der Waals surface area contributed by atoms with E-state index in [4.69, 9.17) is 0 Å². The van der Waals surface area contributed by atoms with Crippen molar-refractivity contribution < 1.29 is 5.11 Å². The highest BCUT2D eigenvalue weighted by Gasteiger charge is 2.15. The quantitative estimate of drug-likeness (QED) is 0.763. The number of hydrogen-bond donors (Lipinski definition) is 1. The number of para-hydroxylation sites is 1. The van der Waals surface area contributed by atoms with Crippen LogP contribution in [0, 0.1) is 11.3 Å². The number of nitriles is 1. The fourth-order valence-corrected chi connectivity index (χ4v) is 2.64. The molecule has 0 spiro atoms. The Morgan fingerprint density at radius 1 is 1.14 bits per heavy atom. The minimum atomic E-state index is 0.228. The van der Waals surface area contributed by atoms with Gasteiger partial charge in [0.05, 0.1) is 16.8 Å². The van der Waals surface area contributed by atoms with E-state index in [1.807, 2.05) is 48.6 Å². The predicted molar refractivity (Wildman–Crippen MR) is 89.0 cm³/mol. The maximum atomic E-state index is 9.58. The molecule has 108 valence electrons. The summed E-state index contributed by atoms with van der Waals surface area (Å²) in [5.74, 6) is 0.228. The molecule has 0 unspecified atom stereocenters. The van der Waals surface area contributed by atoms with Crippen molar-refractivity contribution in [1.29, 1.82) is 5.26 Å². The summed E-state index contributed by atoms with van der Waals surface area (Å²) in [6.45, 7) is 2.07. The van der Waals surface area contributed by atoms with Crippen molar-refractivity contribution in [1.82, 2.24) is 4.57 Å². The molecule has 22 heavy (non-hydrogen) atoms. The van der Waals surface area contributed by atoms with Crippen molar-refractivity contribution in [3.8, 4) is 17.5 Å². The number of phenolic OH excluding ortho intramolecular Hbond substituents is 1. The number of fused-ring (bicyclic) bond motifs is 1. The molecule has 0 aliphatic carbocycles. The van der Waals surface area contributed by atoms with Gasteiger partial charge in [0, 0.05) is 11.1 Å². The molecule has 0 amide bonds. The second-order valence-electron chi connectivity index (χ2n) is 5.05. The molecule has 1 aromatic heterocycles. The third-order valence-corrected chi connectivity index (χ3v) is 3.64. The molecule has 3 aromatic rings. The molecule has 0 fully saturated rings. The Labute approximate surface area is 129 Å². The van der Waals surface area contributed by atoms with Gasteiger partial charge in [-0.15, -0.1) is 0 Å². The monoisotopic (exact) mass is 288 g/mol. The molecule has 3 nitrogen and oxygen atoms in total. The van der Waals surface area contributed by atoms with Gasteiger partial charge in [0.25, 0.3) is 0 Å². The number of phenols is 1. The van der Waals surface area contributed by atoms with Gasteiger partial charge in [-0.3, -0.25) is 0 Å². The Balaban J connectivity index is 2.38. The summed E-state index contributed by atoms with van der Waals surface area (Å²) in [5.41, 5.74) is 3.45. The highest BCUT2D eigenvalue weighted by Crippen LogP contribution is 2.30.